The van der Waals surface area contributed by atoms with Gasteiger partial charge < -0.3 is 10.6 Å². The van der Waals surface area contributed by atoms with Crippen LogP contribution in [0.2, 0.25) is 0 Å². The molecule has 1 fully saturated rings. The monoisotopic (exact) mass is 552 g/mol. The molecule has 6 N–H and O–H groups in total. The molecule has 0 aliphatic heterocycles. The zero-order valence-electron chi connectivity index (χ0n) is 21.3. The van der Waals surface area contributed by atoms with Crippen LogP contribution in [0.25, 0.3) is 0 Å². The van der Waals surface area contributed by atoms with Crippen molar-refractivity contribution in [2.75, 3.05) is 0 Å². The van der Waals surface area contributed by atoms with E-state index in [2.05, 4.69) is 20.6 Å². The van der Waals surface area contributed by atoms with E-state index in [0.29, 0.717) is 22.9 Å². The van der Waals surface area contributed by atoms with Crippen molar-refractivity contribution in [2.45, 2.75) is 51.4 Å². The van der Waals surface area contributed by atoms with Gasteiger partial charge in [-0.05, 0) is 92.2 Å². The van der Waals surface area contributed by atoms with Crippen LogP contribution in [0.5, 0.6) is 0 Å². The number of thioether (sulfide) groups is 2. The number of nitrogens with zero attached hydrogens (tertiary/aromatic N) is 2. The third kappa shape index (κ3) is 8.59. The largest absolute Gasteiger partial charge is 0.305 e. The van der Waals surface area contributed by atoms with E-state index in [-0.39, 0.29) is 34.0 Å². The summed E-state index contributed by atoms with van der Waals surface area (Å²) in [6, 6.07) is 7.13. The summed E-state index contributed by atoms with van der Waals surface area (Å²) in [4.78, 5) is 32.9. The average molecular weight is 553 g/mol. The molecule has 4 atom stereocenters. The first kappa shape index (κ1) is 29.2. The average Bonchev–Trinajstić information content (AvgIpc) is 3.36. The molecule has 1 aliphatic carbocycles. The Morgan fingerprint density at radius 1 is 0.895 bits per heavy atom. The minimum atomic E-state index is -0.458. The van der Waals surface area contributed by atoms with Gasteiger partial charge in [0.2, 0.25) is 11.8 Å². The van der Waals surface area contributed by atoms with E-state index in [0.717, 1.165) is 47.5 Å². The number of nitrogens with one attached hydrogen (secondary N) is 6. The van der Waals surface area contributed by atoms with Crippen LogP contribution in [0.4, 0.5) is 0 Å². The van der Waals surface area contributed by atoms with Crippen LogP contribution in [0.15, 0.2) is 49.1 Å². The van der Waals surface area contributed by atoms with Gasteiger partial charge in [0.05, 0.1) is 21.9 Å². The Morgan fingerprint density at radius 3 is 1.92 bits per heavy atom. The molecule has 0 aromatic carbocycles. The summed E-state index contributed by atoms with van der Waals surface area (Å²) in [5.41, 5.74) is 1.51. The van der Waals surface area contributed by atoms with Crippen LogP contribution < -0.4 is 10.6 Å². The van der Waals surface area contributed by atoms with Gasteiger partial charge in [0, 0.05) is 30.7 Å². The highest BCUT2D eigenvalue weighted by atomic mass is 32.2. The zero-order chi connectivity index (χ0) is 27.7. The third-order valence-corrected chi connectivity index (χ3v) is 8.03. The SMILES string of the molecule is CC(C(=O)NC(=N)SC(=N)C[C@H]1CCC(C(=N)SC(=N)NC(=O)C(C)c2cccnc2)C1)c1cccnc1. The zero-order valence-corrected chi connectivity index (χ0v) is 22.9. The highest BCUT2D eigenvalue weighted by Gasteiger charge is 2.30. The molecule has 0 radical (unpaired) electrons. The molecule has 38 heavy (non-hydrogen) atoms. The lowest BCUT2D eigenvalue weighted by Crippen LogP contribution is -2.32. The van der Waals surface area contributed by atoms with Gasteiger partial charge in [-0.15, -0.1) is 0 Å². The van der Waals surface area contributed by atoms with E-state index in [1.165, 1.54) is 0 Å². The minimum Gasteiger partial charge on any atom is -0.305 e. The Hall–Kier alpha value is -3.38. The van der Waals surface area contributed by atoms with Gasteiger partial charge in [-0.2, -0.15) is 0 Å². The number of carbonyl (C=O) groups excluding carboxylic acids is 2. The summed E-state index contributed by atoms with van der Waals surface area (Å²) in [5.74, 6) is -1.40. The fourth-order valence-corrected chi connectivity index (χ4v) is 5.65. The fraction of sp³-hybridized carbons (Fsp3) is 0.385. The van der Waals surface area contributed by atoms with E-state index < -0.39 is 11.8 Å². The van der Waals surface area contributed by atoms with Crippen molar-refractivity contribution in [3.8, 4) is 0 Å². The number of amides is 2. The second-order valence-corrected chi connectivity index (χ2v) is 11.4. The molecule has 0 bridgehead atoms. The predicted molar refractivity (Wildman–Crippen MR) is 153 cm³/mol. The Kier molecular flexibility index (Phi) is 10.7. The lowest BCUT2D eigenvalue weighted by Gasteiger charge is -2.16. The molecular formula is C26H32N8O2S2. The molecular weight excluding hydrogens is 520 g/mol. The van der Waals surface area contributed by atoms with Crippen molar-refractivity contribution in [2.24, 2.45) is 11.8 Å². The van der Waals surface area contributed by atoms with E-state index in [4.69, 9.17) is 21.6 Å². The molecule has 10 nitrogen and oxygen atoms in total. The van der Waals surface area contributed by atoms with Crippen LogP contribution >= 0.6 is 23.5 Å². The fourth-order valence-electron chi connectivity index (χ4n) is 4.18. The maximum Gasteiger partial charge on any atom is 0.233 e. The summed E-state index contributed by atoms with van der Waals surface area (Å²) in [6.45, 7) is 3.49. The second kappa shape index (κ2) is 14.0. The van der Waals surface area contributed by atoms with Crippen molar-refractivity contribution >= 4 is 55.8 Å². The number of aromatic nitrogens is 2. The summed E-state index contributed by atoms with van der Waals surface area (Å²) in [6.07, 6.45) is 9.30. The molecule has 1 aliphatic rings. The molecule has 200 valence electrons. The van der Waals surface area contributed by atoms with Crippen LogP contribution in [0.1, 0.15) is 62.5 Å². The lowest BCUT2D eigenvalue weighted by molar-refractivity contribution is -0.121. The quantitative estimate of drug-likeness (QED) is 0.214. The standard InChI is InChI=1S/C26H32N8O2S2/c1-15(19-5-3-9-31-13-19)23(35)33-25(29)37-21(27)12-17-7-8-18(11-17)22(28)38-26(30)34-24(36)16(2)20-6-4-10-32-14-20/h3-6,9-10,13-18,27-28H,7-8,11-12H2,1-2H3,(H2,29,33,35)(H2,30,34,36)/t15?,16?,17-,18?/m0/s1. The van der Waals surface area contributed by atoms with Gasteiger partial charge in [0.1, 0.15) is 0 Å². The molecule has 2 heterocycles. The maximum absolute atomic E-state index is 12.5. The van der Waals surface area contributed by atoms with E-state index in [1.54, 1.807) is 56.8 Å². The van der Waals surface area contributed by atoms with E-state index >= 15 is 0 Å². The summed E-state index contributed by atoms with van der Waals surface area (Å²) >= 11 is 1.88. The van der Waals surface area contributed by atoms with Crippen LogP contribution in [0, 0.1) is 33.5 Å². The highest BCUT2D eigenvalue weighted by molar-refractivity contribution is 8.26. The number of rotatable bonds is 7. The molecule has 0 spiro atoms. The Morgan fingerprint density at radius 2 is 1.42 bits per heavy atom. The number of hydrogen-bond acceptors (Lipinski definition) is 10. The predicted octanol–water partition coefficient (Wildman–Crippen LogP) is 4.71. The molecule has 3 unspecified atom stereocenters. The van der Waals surface area contributed by atoms with Crippen LogP contribution in [-0.2, 0) is 9.59 Å². The smallest absolute Gasteiger partial charge is 0.233 e. The van der Waals surface area contributed by atoms with Gasteiger partial charge in [-0.25, -0.2) is 0 Å². The highest BCUT2D eigenvalue weighted by Crippen LogP contribution is 2.37. The first-order chi connectivity index (χ1) is 18.1. The Labute approximate surface area is 230 Å². The van der Waals surface area contributed by atoms with Crippen LogP contribution in [-0.4, -0.2) is 42.2 Å². The van der Waals surface area contributed by atoms with Crippen LogP contribution in [0.3, 0.4) is 0 Å². The number of pyridine rings is 2. The van der Waals surface area contributed by atoms with Crippen molar-refractivity contribution in [3.63, 3.8) is 0 Å². The molecule has 0 saturated heterocycles. The summed E-state index contributed by atoms with van der Waals surface area (Å²) < 4.78 is 0. The lowest BCUT2D eigenvalue weighted by atomic mass is 10.0. The molecule has 2 aromatic heterocycles. The van der Waals surface area contributed by atoms with Gasteiger partial charge >= 0.3 is 0 Å². The number of hydrogen-bond donors (Lipinski definition) is 6. The number of amidine groups is 2. The summed E-state index contributed by atoms with van der Waals surface area (Å²) in [5, 5.41) is 38.5. The van der Waals surface area contributed by atoms with E-state index in [1.807, 2.05) is 6.07 Å². The topological polar surface area (TPSA) is 179 Å². The molecule has 12 heteroatoms. The molecule has 2 amide bonds. The molecule has 1 saturated carbocycles. The summed E-state index contributed by atoms with van der Waals surface area (Å²) in [7, 11) is 0. The van der Waals surface area contributed by atoms with E-state index in [9.17, 15) is 9.59 Å². The van der Waals surface area contributed by atoms with Crippen molar-refractivity contribution in [1.29, 1.82) is 21.6 Å². The Balaban J connectivity index is 1.38. The third-order valence-electron chi connectivity index (χ3n) is 6.45. The van der Waals surface area contributed by atoms with Crippen molar-refractivity contribution in [3.05, 3.63) is 60.2 Å². The van der Waals surface area contributed by atoms with Gasteiger partial charge in [0.15, 0.2) is 10.3 Å². The van der Waals surface area contributed by atoms with Crippen molar-refractivity contribution < 1.29 is 9.59 Å². The van der Waals surface area contributed by atoms with Gasteiger partial charge in [-0.1, -0.05) is 12.1 Å². The first-order valence-corrected chi connectivity index (χ1v) is 13.9. The van der Waals surface area contributed by atoms with Crippen molar-refractivity contribution in [1.82, 2.24) is 20.6 Å². The maximum atomic E-state index is 12.5. The second-order valence-electron chi connectivity index (χ2n) is 9.22. The van der Waals surface area contributed by atoms with Gasteiger partial charge in [-0.3, -0.25) is 41.2 Å². The Bertz CT molecular complexity index is 1190. The number of carbonyl (C=O) groups is 2. The van der Waals surface area contributed by atoms with Gasteiger partial charge in [0.25, 0.3) is 0 Å². The molecule has 3 rings (SSSR count). The first-order valence-electron chi connectivity index (χ1n) is 12.2. The molecule has 2 aromatic rings. The minimum absolute atomic E-state index is 0.0321. The normalized spacial score (nSPS) is 18.2.